The van der Waals surface area contributed by atoms with Gasteiger partial charge in [0.05, 0.1) is 5.52 Å². The summed E-state index contributed by atoms with van der Waals surface area (Å²) in [4.78, 5) is 10.9. The minimum Gasteiger partial charge on any atom is -0.478 e. The molecule has 0 aliphatic heterocycles. The van der Waals surface area contributed by atoms with Crippen molar-refractivity contribution in [3.8, 4) is 5.75 Å². The number of benzene rings is 2. The number of aromatic nitrogens is 1. The predicted octanol–water partition coefficient (Wildman–Crippen LogP) is 5.65. The second-order valence-electron chi connectivity index (χ2n) is 6.11. The van der Waals surface area contributed by atoms with E-state index in [1.165, 1.54) is 24.3 Å². The van der Waals surface area contributed by atoms with Crippen LogP contribution in [0, 0.1) is 6.92 Å². The average molecular weight is 410 g/mol. The summed E-state index contributed by atoms with van der Waals surface area (Å²) in [5.41, 5.74) is 2.81. The van der Waals surface area contributed by atoms with E-state index < -0.39 is 12.3 Å². The van der Waals surface area contributed by atoms with Crippen LogP contribution in [-0.2, 0) is 11.3 Å². The number of nitrogens with zero attached hydrogens (tertiary/aromatic N) is 1. The molecule has 28 heavy (non-hydrogen) atoms. The van der Waals surface area contributed by atoms with Crippen LogP contribution >= 0.6 is 11.6 Å². The highest BCUT2D eigenvalue weighted by Crippen LogP contribution is 2.31. The van der Waals surface area contributed by atoms with E-state index in [2.05, 4.69) is 4.74 Å². The predicted molar refractivity (Wildman–Crippen MR) is 101 cm³/mol. The fourth-order valence-electron chi connectivity index (χ4n) is 3.07. The molecule has 0 radical (unpaired) electrons. The van der Waals surface area contributed by atoms with E-state index in [1.807, 2.05) is 11.5 Å². The van der Waals surface area contributed by atoms with E-state index in [9.17, 15) is 18.0 Å². The zero-order valence-electron chi connectivity index (χ0n) is 14.6. The third kappa shape index (κ3) is 4.48. The molecule has 0 aliphatic rings. The number of fused-ring (bicyclic) bond motifs is 1. The Bertz CT molecular complexity index is 1070. The van der Waals surface area contributed by atoms with Gasteiger partial charge >= 0.3 is 12.3 Å². The summed E-state index contributed by atoms with van der Waals surface area (Å²) in [7, 11) is 0. The molecule has 3 aromatic rings. The van der Waals surface area contributed by atoms with Gasteiger partial charge in [0.2, 0.25) is 0 Å². The van der Waals surface area contributed by atoms with Crippen molar-refractivity contribution in [2.75, 3.05) is 0 Å². The summed E-state index contributed by atoms with van der Waals surface area (Å²) in [6.07, 6.45) is -2.23. The Hall–Kier alpha value is -2.93. The number of aliphatic carboxylic acids is 1. The summed E-state index contributed by atoms with van der Waals surface area (Å²) in [6.45, 7) is 2.07. The number of halogens is 4. The number of carboxylic acids is 1. The van der Waals surface area contributed by atoms with Crippen molar-refractivity contribution in [3.05, 3.63) is 70.4 Å². The fraction of sp³-hybridized carbons (Fsp3) is 0.150. The third-order valence-corrected chi connectivity index (χ3v) is 4.44. The van der Waals surface area contributed by atoms with Crippen molar-refractivity contribution in [2.45, 2.75) is 19.8 Å². The van der Waals surface area contributed by atoms with Gasteiger partial charge in [-0.25, -0.2) is 4.79 Å². The fourth-order valence-corrected chi connectivity index (χ4v) is 3.24. The van der Waals surface area contributed by atoms with Crippen LogP contribution in [0.5, 0.6) is 5.75 Å². The minimum atomic E-state index is -4.77. The summed E-state index contributed by atoms with van der Waals surface area (Å²) >= 11 is 6.11. The Balaban J connectivity index is 2.06. The molecule has 1 N–H and O–H groups in total. The highest BCUT2D eigenvalue weighted by Gasteiger charge is 2.31. The number of ether oxygens (including phenoxy) is 1. The van der Waals surface area contributed by atoms with Crippen molar-refractivity contribution < 1.29 is 27.8 Å². The zero-order chi connectivity index (χ0) is 20.5. The lowest BCUT2D eigenvalue weighted by Crippen LogP contribution is -2.17. The van der Waals surface area contributed by atoms with E-state index in [0.717, 1.165) is 22.7 Å². The molecular weight excluding hydrogens is 395 g/mol. The maximum atomic E-state index is 12.5. The van der Waals surface area contributed by atoms with E-state index in [0.29, 0.717) is 16.1 Å². The van der Waals surface area contributed by atoms with Crippen molar-refractivity contribution in [3.63, 3.8) is 0 Å². The Morgan fingerprint density at radius 3 is 2.68 bits per heavy atom. The molecule has 0 atom stereocenters. The van der Waals surface area contributed by atoms with Gasteiger partial charge in [-0.05, 0) is 42.8 Å². The molecule has 0 bridgehead atoms. The van der Waals surface area contributed by atoms with Crippen LogP contribution in [0.25, 0.3) is 17.0 Å². The molecule has 0 aliphatic carbocycles. The molecule has 2 aromatic carbocycles. The molecule has 3 rings (SSSR count). The second-order valence-corrected chi connectivity index (χ2v) is 6.55. The molecule has 0 amide bonds. The Kier molecular flexibility index (Phi) is 5.38. The molecule has 4 nitrogen and oxygen atoms in total. The smallest absolute Gasteiger partial charge is 0.478 e. The number of rotatable bonds is 5. The monoisotopic (exact) mass is 409 g/mol. The molecule has 0 fully saturated rings. The topological polar surface area (TPSA) is 51.5 Å². The molecule has 0 saturated carbocycles. The number of alkyl halides is 3. The Labute approximate surface area is 163 Å². The molecular formula is C20H15ClF3NO3. The van der Waals surface area contributed by atoms with Crippen molar-refractivity contribution in [1.82, 2.24) is 4.57 Å². The molecule has 1 heterocycles. The van der Waals surface area contributed by atoms with Crippen LogP contribution in [-0.4, -0.2) is 22.0 Å². The van der Waals surface area contributed by atoms with Crippen molar-refractivity contribution in [1.29, 1.82) is 0 Å². The van der Waals surface area contributed by atoms with Gasteiger partial charge in [0.25, 0.3) is 0 Å². The van der Waals surface area contributed by atoms with Crippen LogP contribution in [0.4, 0.5) is 13.2 Å². The highest BCUT2D eigenvalue weighted by molar-refractivity contribution is 6.31. The molecule has 146 valence electrons. The maximum Gasteiger partial charge on any atom is 0.573 e. The lowest BCUT2D eigenvalue weighted by atomic mass is 10.1. The third-order valence-electron chi connectivity index (χ3n) is 4.20. The normalized spacial score (nSPS) is 12.0. The number of hydrogen-bond acceptors (Lipinski definition) is 2. The molecule has 1 aromatic heterocycles. The van der Waals surface area contributed by atoms with Crippen LogP contribution in [0.15, 0.2) is 48.5 Å². The average Bonchev–Trinajstić information content (AvgIpc) is 2.83. The van der Waals surface area contributed by atoms with E-state index in [-0.39, 0.29) is 12.3 Å². The van der Waals surface area contributed by atoms with Gasteiger partial charge in [-0.2, -0.15) is 0 Å². The van der Waals surface area contributed by atoms with E-state index in [1.54, 1.807) is 24.3 Å². The Morgan fingerprint density at radius 1 is 1.25 bits per heavy atom. The first-order valence-corrected chi connectivity index (χ1v) is 8.56. The lowest BCUT2D eigenvalue weighted by Gasteiger charge is -2.12. The van der Waals surface area contributed by atoms with Crippen molar-refractivity contribution in [2.24, 2.45) is 0 Å². The molecule has 0 spiro atoms. The highest BCUT2D eigenvalue weighted by atomic mass is 35.5. The van der Waals surface area contributed by atoms with E-state index >= 15 is 0 Å². The van der Waals surface area contributed by atoms with E-state index in [4.69, 9.17) is 16.7 Å². The van der Waals surface area contributed by atoms with Gasteiger partial charge < -0.3 is 14.4 Å². The van der Waals surface area contributed by atoms with Gasteiger partial charge in [0.15, 0.2) is 0 Å². The standard InChI is InChI=1S/C20H15ClF3NO3/c1-12-16(7-8-19(26)27)17-6-5-14(21)10-18(17)25(12)11-13-3-2-4-15(9-13)28-20(22,23)24/h2-10H,11H2,1H3,(H,26,27)/b8-7+. The summed E-state index contributed by atoms with van der Waals surface area (Å²) < 4.78 is 43.3. The largest absolute Gasteiger partial charge is 0.573 e. The summed E-state index contributed by atoms with van der Waals surface area (Å²) in [5.74, 6) is -1.38. The van der Waals surface area contributed by atoms with Gasteiger partial charge in [0, 0.05) is 34.3 Å². The SMILES string of the molecule is Cc1c(/C=C/C(=O)O)c2ccc(Cl)cc2n1Cc1cccc(OC(F)(F)F)c1. The number of carbonyl (C=O) groups is 1. The van der Waals surface area contributed by atoms with Gasteiger partial charge in [0.1, 0.15) is 5.75 Å². The van der Waals surface area contributed by atoms with Crippen LogP contribution in [0.1, 0.15) is 16.8 Å². The van der Waals surface area contributed by atoms with Gasteiger partial charge in [-0.15, -0.1) is 13.2 Å². The van der Waals surface area contributed by atoms with Crippen LogP contribution in [0.3, 0.4) is 0 Å². The Morgan fingerprint density at radius 2 is 2.00 bits per heavy atom. The lowest BCUT2D eigenvalue weighted by molar-refractivity contribution is -0.274. The molecule has 8 heteroatoms. The number of carboxylic acid groups (broad SMARTS) is 1. The summed E-state index contributed by atoms with van der Waals surface area (Å²) in [5, 5.41) is 10.2. The second kappa shape index (κ2) is 7.59. The summed E-state index contributed by atoms with van der Waals surface area (Å²) in [6, 6.07) is 10.9. The first-order chi connectivity index (χ1) is 13.1. The quantitative estimate of drug-likeness (QED) is 0.554. The van der Waals surface area contributed by atoms with Crippen molar-refractivity contribution >= 4 is 34.5 Å². The zero-order valence-corrected chi connectivity index (χ0v) is 15.4. The first kappa shape index (κ1) is 19.8. The maximum absolute atomic E-state index is 12.5. The van der Waals surface area contributed by atoms with Gasteiger partial charge in [-0.1, -0.05) is 29.8 Å². The molecule has 0 unspecified atom stereocenters. The van der Waals surface area contributed by atoms with Gasteiger partial charge in [-0.3, -0.25) is 0 Å². The molecule has 0 saturated heterocycles. The van der Waals surface area contributed by atoms with Crippen LogP contribution in [0.2, 0.25) is 5.02 Å². The first-order valence-electron chi connectivity index (χ1n) is 8.18. The minimum absolute atomic E-state index is 0.263. The van der Waals surface area contributed by atoms with Crippen LogP contribution < -0.4 is 4.74 Å². The number of hydrogen-bond donors (Lipinski definition) is 1.